The highest BCUT2D eigenvalue weighted by atomic mass is 79.9. The monoisotopic (exact) mass is 521 g/mol. The summed E-state index contributed by atoms with van der Waals surface area (Å²) >= 11 is 10.3. The van der Waals surface area contributed by atoms with Crippen molar-refractivity contribution in [3.8, 4) is 29.6 Å². The maximum Gasteiger partial charge on any atom is 0.293 e. The number of carbonyl (C=O) groups excluding carboxylic acids is 2. The number of rotatable bonds is 8. The third kappa shape index (κ3) is 5.56. The number of hydrogen-bond acceptors (Lipinski definition) is 6. The van der Waals surface area contributed by atoms with Crippen LogP contribution in [0.2, 0.25) is 5.02 Å². The molecular formula is C22H17BrClNO5S. The van der Waals surface area contributed by atoms with Crippen molar-refractivity contribution in [2.24, 2.45) is 0 Å². The first-order chi connectivity index (χ1) is 14.9. The van der Waals surface area contributed by atoms with Gasteiger partial charge in [0.1, 0.15) is 19.0 Å². The van der Waals surface area contributed by atoms with Gasteiger partial charge in [-0.3, -0.25) is 14.5 Å². The molecule has 0 saturated carbocycles. The molecule has 2 aromatic carbocycles. The Bertz CT molecular complexity index is 1080. The Morgan fingerprint density at radius 1 is 1.23 bits per heavy atom. The van der Waals surface area contributed by atoms with Crippen LogP contribution in [0.4, 0.5) is 4.79 Å². The molecule has 2 amide bonds. The van der Waals surface area contributed by atoms with E-state index in [1.54, 1.807) is 42.5 Å². The number of ether oxygens (including phenoxy) is 3. The summed E-state index contributed by atoms with van der Waals surface area (Å²) in [5, 5.41) is 0.0756. The first kappa shape index (κ1) is 23.1. The van der Waals surface area contributed by atoms with Crippen molar-refractivity contribution in [3.63, 3.8) is 0 Å². The smallest absolute Gasteiger partial charge is 0.293 e. The predicted molar refractivity (Wildman–Crippen MR) is 125 cm³/mol. The lowest BCUT2D eigenvalue weighted by atomic mass is 10.1. The summed E-state index contributed by atoms with van der Waals surface area (Å²) in [4.78, 5) is 26.6. The fraction of sp³-hybridized carbons (Fsp3) is 0.182. The van der Waals surface area contributed by atoms with Crippen LogP contribution in [-0.4, -0.2) is 42.9 Å². The van der Waals surface area contributed by atoms with Crippen molar-refractivity contribution in [2.75, 3.05) is 26.9 Å². The molecule has 9 heteroatoms. The van der Waals surface area contributed by atoms with Crippen LogP contribution in [0.15, 0.2) is 45.8 Å². The quantitative estimate of drug-likeness (QED) is 0.349. The average Bonchev–Trinajstić information content (AvgIpc) is 3.01. The molecule has 0 atom stereocenters. The number of halogens is 2. The molecule has 0 bridgehead atoms. The van der Waals surface area contributed by atoms with Gasteiger partial charge in [0, 0.05) is 10.0 Å². The molecule has 0 radical (unpaired) electrons. The van der Waals surface area contributed by atoms with E-state index in [0.717, 1.165) is 21.1 Å². The summed E-state index contributed by atoms with van der Waals surface area (Å²) in [6.07, 6.45) is 6.88. The van der Waals surface area contributed by atoms with E-state index in [0.29, 0.717) is 27.8 Å². The third-order valence-electron chi connectivity index (χ3n) is 4.14. The lowest BCUT2D eigenvalue weighted by Crippen LogP contribution is -2.32. The highest BCUT2D eigenvalue weighted by Crippen LogP contribution is 2.39. The second-order valence-electron chi connectivity index (χ2n) is 6.13. The van der Waals surface area contributed by atoms with E-state index in [-0.39, 0.29) is 29.9 Å². The summed E-state index contributed by atoms with van der Waals surface area (Å²) in [5.41, 5.74) is 0.555. The van der Waals surface area contributed by atoms with Crippen LogP contribution in [0.25, 0.3) is 6.08 Å². The molecule has 0 N–H and O–H groups in total. The summed E-state index contributed by atoms with van der Waals surface area (Å²) in [5.74, 6) is 3.30. The van der Waals surface area contributed by atoms with Crippen LogP contribution in [-0.2, 0) is 4.79 Å². The molecule has 31 heavy (non-hydrogen) atoms. The molecule has 1 aliphatic heterocycles. The molecule has 1 fully saturated rings. The van der Waals surface area contributed by atoms with Crippen molar-refractivity contribution in [3.05, 3.63) is 56.4 Å². The Morgan fingerprint density at radius 2 is 2.00 bits per heavy atom. The molecule has 160 valence electrons. The van der Waals surface area contributed by atoms with Gasteiger partial charge in [-0.05, 0) is 42.1 Å². The van der Waals surface area contributed by atoms with Gasteiger partial charge in [-0.15, -0.1) is 6.42 Å². The van der Waals surface area contributed by atoms with Crippen molar-refractivity contribution >= 4 is 56.5 Å². The van der Waals surface area contributed by atoms with E-state index in [2.05, 4.69) is 21.9 Å². The van der Waals surface area contributed by atoms with E-state index < -0.39 is 5.91 Å². The lowest BCUT2D eigenvalue weighted by Gasteiger charge is -2.14. The minimum atomic E-state index is -0.417. The molecular weight excluding hydrogens is 506 g/mol. The Morgan fingerprint density at radius 3 is 2.71 bits per heavy atom. The zero-order valence-corrected chi connectivity index (χ0v) is 19.6. The summed E-state index contributed by atoms with van der Waals surface area (Å²) in [7, 11) is 1.50. The van der Waals surface area contributed by atoms with Crippen LogP contribution in [0.3, 0.4) is 0 Å². The molecule has 3 rings (SSSR count). The highest BCUT2D eigenvalue weighted by molar-refractivity contribution is 9.10. The van der Waals surface area contributed by atoms with E-state index >= 15 is 0 Å². The van der Waals surface area contributed by atoms with Crippen molar-refractivity contribution < 1.29 is 23.8 Å². The van der Waals surface area contributed by atoms with Gasteiger partial charge >= 0.3 is 0 Å². The first-order valence-electron chi connectivity index (χ1n) is 9.01. The molecule has 0 spiro atoms. The molecule has 1 saturated heterocycles. The summed E-state index contributed by atoms with van der Waals surface area (Å²) < 4.78 is 17.3. The summed E-state index contributed by atoms with van der Waals surface area (Å²) in [6, 6.07) is 10.5. The molecule has 1 aliphatic rings. The lowest BCUT2D eigenvalue weighted by molar-refractivity contribution is -0.123. The van der Waals surface area contributed by atoms with Gasteiger partial charge in [0.05, 0.1) is 23.6 Å². The second-order valence-corrected chi connectivity index (χ2v) is 8.45. The van der Waals surface area contributed by atoms with Gasteiger partial charge < -0.3 is 14.2 Å². The molecule has 1 heterocycles. The second kappa shape index (κ2) is 10.6. The Hall–Kier alpha value is -2.60. The Balaban J connectivity index is 1.78. The maximum atomic E-state index is 12.8. The number of thioether (sulfide) groups is 1. The minimum Gasteiger partial charge on any atom is -0.493 e. The number of imide groups is 1. The molecule has 0 aromatic heterocycles. The Kier molecular flexibility index (Phi) is 7.91. The van der Waals surface area contributed by atoms with Crippen LogP contribution < -0.4 is 14.2 Å². The van der Waals surface area contributed by atoms with E-state index in [4.69, 9.17) is 32.2 Å². The number of benzene rings is 2. The average molecular weight is 523 g/mol. The minimum absolute atomic E-state index is 0.0275. The van der Waals surface area contributed by atoms with Gasteiger partial charge in [-0.25, -0.2) is 0 Å². The Labute approximate surface area is 197 Å². The van der Waals surface area contributed by atoms with Crippen molar-refractivity contribution in [2.45, 2.75) is 0 Å². The number of amides is 2. The van der Waals surface area contributed by atoms with E-state index in [9.17, 15) is 9.59 Å². The number of para-hydroxylation sites is 1. The van der Waals surface area contributed by atoms with Gasteiger partial charge in [0.15, 0.2) is 11.5 Å². The van der Waals surface area contributed by atoms with Crippen LogP contribution >= 0.6 is 39.3 Å². The van der Waals surface area contributed by atoms with Crippen LogP contribution in [0, 0.1) is 12.3 Å². The highest BCUT2D eigenvalue weighted by Gasteiger charge is 2.35. The predicted octanol–water partition coefficient (Wildman–Crippen LogP) is 5.24. The standard InChI is InChI=1S/C22H17BrClNO5S/c1-3-9-30-20-14(11-15(23)13-18(20)28-2)12-19-21(26)25(22(27)31-19)8-10-29-17-7-5-4-6-16(17)24/h1,4-7,11-13H,8-10H2,2H3/b19-12-. The van der Waals surface area contributed by atoms with Gasteiger partial charge in [-0.2, -0.15) is 0 Å². The topological polar surface area (TPSA) is 65.1 Å². The van der Waals surface area contributed by atoms with Crippen molar-refractivity contribution in [1.29, 1.82) is 0 Å². The molecule has 0 aliphatic carbocycles. The molecule has 6 nitrogen and oxygen atoms in total. The zero-order chi connectivity index (χ0) is 22.4. The van der Waals surface area contributed by atoms with E-state index in [1.807, 2.05) is 0 Å². The maximum absolute atomic E-state index is 12.8. The van der Waals surface area contributed by atoms with Crippen LogP contribution in [0.1, 0.15) is 5.56 Å². The van der Waals surface area contributed by atoms with Crippen molar-refractivity contribution in [1.82, 2.24) is 4.90 Å². The number of methoxy groups -OCH3 is 1. The van der Waals surface area contributed by atoms with Crippen LogP contribution in [0.5, 0.6) is 17.2 Å². The fourth-order valence-electron chi connectivity index (χ4n) is 2.76. The number of terminal acetylenes is 1. The first-order valence-corrected chi connectivity index (χ1v) is 11.0. The van der Waals surface area contributed by atoms with E-state index in [1.165, 1.54) is 7.11 Å². The SMILES string of the molecule is C#CCOc1c(/C=C2\SC(=O)N(CCOc3ccccc3Cl)C2=O)cc(Br)cc1OC. The fourth-order valence-corrected chi connectivity index (χ4v) is 4.26. The number of hydrogen-bond donors (Lipinski definition) is 0. The number of nitrogens with zero attached hydrogens (tertiary/aromatic N) is 1. The molecule has 2 aromatic rings. The van der Waals surface area contributed by atoms with Gasteiger partial charge in [-0.1, -0.05) is 45.6 Å². The normalized spacial score (nSPS) is 14.6. The summed E-state index contributed by atoms with van der Waals surface area (Å²) in [6.45, 7) is 0.242. The third-order valence-corrected chi connectivity index (χ3v) is 5.81. The van der Waals surface area contributed by atoms with Gasteiger partial charge in [0.2, 0.25) is 0 Å². The largest absolute Gasteiger partial charge is 0.493 e. The molecule has 0 unspecified atom stereocenters. The van der Waals surface area contributed by atoms with Gasteiger partial charge in [0.25, 0.3) is 11.1 Å². The zero-order valence-electron chi connectivity index (χ0n) is 16.4. The number of carbonyl (C=O) groups is 2.